The maximum atomic E-state index is 9.16. The minimum absolute atomic E-state index is 0.145. The molecular weight excluding hydrogens is 250 g/mol. The molecule has 1 aliphatic carbocycles. The summed E-state index contributed by atoms with van der Waals surface area (Å²) in [6.45, 7) is 6.10. The van der Waals surface area contributed by atoms with Gasteiger partial charge in [0.25, 0.3) is 0 Å². The molecular formula is C13H20ClN3O. The summed E-state index contributed by atoms with van der Waals surface area (Å²) in [5.74, 6) is 2.29. The number of anilines is 1. The molecule has 0 saturated heterocycles. The minimum Gasteiger partial charge on any atom is -0.396 e. The Balaban J connectivity index is 2.20. The zero-order valence-corrected chi connectivity index (χ0v) is 11.8. The van der Waals surface area contributed by atoms with Crippen molar-refractivity contribution in [2.45, 2.75) is 45.6 Å². The fourth-order valence-electron chi connectivity index (χ4n) is 1.69. The second kappa shape index (κ2) is 5.41. The van der Waals surface area contributed by atoms with E-state index in [-0.39, 0.29) is 18.6 Å². The van der Waals surface area contributed by atoms with Gasteiger partial charge in [-0.25, -0.2) is 9.97 Å². The highest BCUT2D eigenvalue weighted by atomic mass is 35.5. The Kier molecular flexibility index (Phi) is 4.07. The molecule has 1 aliphatic rings. The van der Waals surface area contributed by atoms with Crippen LogP contribution >= 0.6 is 11.6 Å². The number of aliphatic hydroxyl groups is 1. The molecule has 0 amide bonds. The van der Waals surface area contributed by atoms with Crippen molar-refractivity contribution in [3.05, 3.63) is 16.5 Å². The predicted molar refractivity (Wildman–Crippen MR) is 73.1 cm³/mol. The topological polar surface area (TPSA) is 58.0 Å². The van der Waals surface area contributed by atoms with Crippen LogP contribution in [-0.4, -0.2) is 27.7 Å². The van der Waals surface area contributed by atoms with Crippen molar-refractivity contribution in [3.8, 4) is 0 Å². The Bertz CT molecular complexity index is 434. The lowest BCUT2D eigenvalue weighted by Crippen LogP contribution is -2.27. The van der Waals surface area contributed by atoms with Gasteiger partial charge in [-0.1, -0.05) is 18.5 Å². The number of hydrogen-bond donors (Lipinski definition) is 2. The molecule has 5 heteroatoms. The van der Waals surface area contributed by atoms with Crippen molar-refractivity contribution in [1.82, 2.24) is 9.97 Å². The van der Waals surface area contributed by atoms with E-state index < -0.39 is 0 Å². The molecule has 0 radical (unpaired) electrons. The molecule has 2 rings (SSSR count). The summed E-state index contributed by atoms with van der Waals surface area (Å²) in [6.07, 6.45) is 2.31. The molecule has 100 valence electrons. The average Bonchev–Trinajstić information content (AvgIpc) is 3.17. The second-order valence-electron chi connectivity index (χ2n) is 5.21. The van der Waals surface area contributed by atoms with Crippen LogP contribution < -0.4 is 5.32 Å². The molecule has 1 heterocycles. The molecule has 18 heavy (non-hydrogen) atoms. The average molecular weight is 270 g/mol. The van der Waals surface area contributed by atoms with Crippen molar-refractivity contribution in [3.63, 3.8) is 0 Å². The lowest BCUT2D eigenvalue weighted by Gasteiger charge is -2.21. The van der Waals surface area contributed by atoms with E-state index in [4.69, 9.17) is 16.7 Å². The predicted octanol–water partition coefficient (Wildman–Crippen LogP) is 2.74. The van der Waals surface area contributed by atoms with Crippen LogP contribution in [0.3, 0.4) is 0 Å². The van der Waals surface area contributed by atoms with Gasteiger partial charge in [0.05, 0.1) is 0 Å². The lowest BCUT2D eigenvalue weighted by atomic mass is 10.1. The highest BCUT2D eigenvalue weighted by Gasteiger charge is 2.28. The van der Waals surface area contributed by atoms with Gasteiger partial charge in [0.1, 0.15) is 16.8 Å². The Morgan fingerprint density at radius 3 is 2.61 bits per heavy atom. The van der Waals surface area contributed by atoms with E-state index in [0.29, 0.717) is 11.1 Å². The van der Waals surface area contributed by atoms with Crippen LogP contribution in [0, 0.1) is 12.8 Å². The monoisotopic (exact) mass is 269 g/mol. The molecule has 1 saturated carbocycles. The standard InChI is InChI=1S/C13H20ClN3O/c1-7(6-18)9(3)15-12-8(2)11(14)16-13(17-12)10-4-5-10/h7,9-10,18H,4-6H2,1-3H3,(H,15,16,17). The van der Waals surface area contributed by atoms with Crippen LogP contribution in [-0.2, 0) is 0 Å². The van der Waals surface area contributed by atoms with Gasteiger partial charge in [-0.3, -0.25) is 0 Å². The molecule has 0 spiro atoms. The van der Waals surface area contributed by atoms with Crippen LogP contribution in [0.15, 0.2) is 0 Å². The summed E-state index contributed by atoms with van der Waals surface area (Å²) in [7, 11) is 0. The molecule has 1 fully saturated rings. The summed E-state index contributed by atoms with van der Waals surface area (Å²) >= 11 is 6.15. The maximum Gasteiger partial charge on any atom is 0.137 e. The van der Waals surface area contributed by atoms with E-state index in [1.807, 2.05) is 20.8 Å². The Hall–Kier alpha value is -0.870. The minimum atomic E-state index is 0.145. The van der Waals surface area contributed by atoms with Crippen molar-refractivity contribution in [2.75, 3.05) is 11.9 Å². The van der Waals surface area contributed by atoms with Crippen LogP contribution in [0.25, 0.3) is 0 Å². The molecule has 4 nitrogen and oxygen atoms in total. The quantitative estimate of drug-likeness (QED) is 0.807. The number of aliphatic hydroxyl groups excluding tert-OH is 1. The number of hydrogen-bond acceptors (Lipinski definition) is 4. The molecule has 2 unspecified atom stereocenters. The molecule has 0 aromatic carbocycles. The van der Waals surface area contributed by atoms with Gasteiger partial charge in [0, 0.05) is 24.1 Å². The third-order valence-corrected chi connectivity index (χ3v) is 3.92. The number of halogens is 1. The van der Waals surface area contributed by atoms with E-state index >= 15 is 0 Å². The first-order valence-corrected chi connectivity index (χ1v) is 6.82. The summed E-state index contributed by atoms with van der Waals surface area (Å²) in [4.78, 5) is 8.90. The third kappa shape index (κ3) is 2.93. The van der Waals surface area contributed by atoms with E-state index in [1.165, 1.54) is 0 Å². The van der Waals surface area contributed by atoms with Crippen molar-refractivity contribution < 1.29 is 5.11 Å². The van der Waals surface area contributed by atoms with Crippen molar-refractivity contribution in [1.29, 1.82) is 0 Å². The van der Waals surface area contributed by atoms with Gasteiger partial charge < -0.3 is 10.4 Å². The van der Waals surface area contributed by atoms with E-state index in [1.54, 1.807) is 0 Å². The van der Waals surface area contributed by atoms with Gasteiger partial charge in [-0.05, 0) is 32.6 Å². The largest absolute Gasteiger partial charge is 0.396 e. The molecule has 2 atom stereocenters. The van der Waals surface area contributed by atoms with Gasteiger partial charge in [0.15, 0.2) is 0 Å². The Morgan fingerprint density at radius 2 is 2.06 bits per heavy atom. The highest BCUT2D eigenvalue weighted by Crippen LogP contribution is 2.39. The zero-order chi connectivity index (χ0) is 13.3. The number of rotatable bonds is 5. The van der Waals surface area contributed by atoms with Crippen molar-refractivity contribution in [2.24, 2.45) is 5.92 Å². The summed E-state index contributed by atoms with van der Waals surface area (Å²) in [5, 5.41) is 13.0. The Morgan fingerprint density at radius 1 is 1.39 bits per heavy atom. The first-order chi connectivity index (χ1) is 8.52. The fourth-order valence-corrected chi connectivity index (χ4v) is 1.86. The molecule has 0 bridgehead atoms. The lowest BCUT2D eigenvalue weighted by molar-refractivity contribution is 0.226. The third-order valence-electron chi connectivity index (χ3n) is 3.55. The van der Waals surface area contributed by atoms with E-state index in [2.05, 4.69) is 15.3 Å². The number of aromatic nitrogens is 2. The SMILES string of the molecule is Cc1c(Cl)nc(C2CC2)nc1NC(C)C(C)CO. The molecule has 1 aromatic rings. The van der Waals surface area contributed by atoms with E-state index in [9.17, 15) is 0 Å². The van der Waals surface area contributed by atoms with Crippen LogP contribution in [0.1, 0.15) is 44.0 Å². The summed E-state index contributed by atoms with van der Waals surface area (Å²) < 4.78 is 0. The van der Waals surface area contributed by atoms with Gasteiger partial charge in [0.2, 0.25) is 0 Å². The zero-order valence-electron chi connectivity index (χ0n) is 11.1. The van der Waals surface area contributed by atoms with Crippen molar-refractivity contribution >= 4 is 17.4 Å². The smallest absolute Gasteiger partial charge is 0.137 e. The van der Waals surface area contributed by atoms with Crippen LogP contribution in [0.5, 0.6) is 0 Å². The fraction of sp³-hybridized carbons (Fsp3) is 0.692. The van der Waals surface area contributed by atoms with Crippen LogP contribution in [0.2, 0.25) is 5.15 Å². The summed E-state index contributed by atoms with van der Waals surface area (Å²) in [5.41, 5.74) is 0.873. The Labute approximate surface area is 113 Å². The first-order valence-electron chi connectivity index (χ1n) is 6.44. The normalized spacial score (nSPS) is 18.5. The number of nitrogens with zero attached hydrogens (tertiary/aromatic N) is 2. The number of nitrogens with one attached hydrogen (secondary N) is 1. The molecule has 0 aliphatic heterocycles. The second-order valence-corrected chi connectivity index (χ2v) is 5.57. The van der Waals surface area contributed by atoms with E-state index in [0.717, 1.165) is 30.0 Å². The van der Waals surface area contributed by atoms with Gasteiger partial charge in [-0.15, -0.1) is 0 Å². The van der Waals surface area contributed by atoms with Crippen LogP contribution in [0.4, 0.5) is 5.82 Å². The van der Waals surface area contributed by atoms with Gasteiger partial charge >= 0.3 is 0 Å². The highest BCUT2D eigenvalue weighted by molar-refractivity contribution is 6.30. The maximum absolute atomic E-state index is 9.16. The summed E-state index contributed by atoms with van der Waals surface area (Å²) in [6, 6.07) is 0.145. The first kappa shape index (κ1) is 13.6. The molecule has 2 N–H and O–H groups in total. The van der Waals surface area contributed by atoms with Gasteiger partial charge in [-0.2, -0.15) is 0 Å². The molecule has 1 aromatic heterocycles.